The van der Waals surface area contributed by atoms with Crippen LogP contribution in [0.25, 0.3) is 0 Å². The van der Waals surface area contributed by atoms with Gasteiger partial charge in [-0.15, -0.1) is 0 Å². The fourth-order valence-corrected chi connectivity index (χ4v) is 0.962. The van der Waals surface area contributed by atoms with Gasteiger partial charge in [-0.25, -0.2) is 0 Å². The van der Waals surface area contributed by atoms with Crippen LogP contribution in [0.4, 0.5) is 11.5 Å². The van der Waals surface area contributed by atoms with Gasteiger partial charge in [-0.2, -0.15) is 5.10 Å². The number of aromatic nitrogens is 2. The van der Waals surface area contributed by atoms with Crippen molar-refractivity contribution in [2.45, 2.75) is 19.4 Å². The summed E-state index contributed by atoms with van der Waals surface area (Å²) in [6.07, 6.45) is 1.65. The Balaban J connectivity index is 2.88. The van der Waals surface area contributed by atoms with Crippen LogP contribution in [-0.2, 0) is 11.8 Å². The average Bonchev–Trinajstić information content (AvgIpc) is 2.29. The Morgan fingerprint density at radius 1 is 1.64 bits per heavy atom. The van der Waals surface area contributed by atoms with E-state index in [-0.39, 0.29) is 0 Å². The molecule has 14 heavy (non-hydrogen) atoms. The third-order valence-corrected chi connectivity index (χ3v) is 1.90. The van der Waals surface area contributed by atoms with Crippen molar-refractivity contribution < 1.29 is 4.79 Å². The highest BCUT2D eigenvalue weighted by molar-refractivity contribution is 5.87. The highest BCUT2D eigenvalue weighted by atomic mass is 16.1. The van der Waals surface area contributed by atoms with Crippen LogP contribution in [0.15, 0.2) is 6.20 Å². The molecule has 0 unspecified atom stereocenters. The van der Waals surface area contributed by atoms with Crippen LogP contribution in [0.5, 0.6) is 0 Å². The molecule has 6 heteroatoms. The molecule has 0 atom stereocenters. The second-order valence-corrected chi connectivity index (χ2v) is 3.72. The van der Waals surface area contributed by atoms with Gasteiger partial charge in [-0.1, -0.05) is 0 Å². The first-order chi connectivity index (χ1) is 6.33. The summed E-state index contributed by atoms with van der Waals surface area (Å²) in [6, 6.07) is 0. The van der Waals surface area contributed by atoms with Crippen LogP contribution in [0.2, 0.25) is 0 Å². The van der Waals surface area contributed by atoms with Crippen molar-refractivity contribution in [1.82, 2.24) is 9.78 Å². The number of amides is 1. The van der Waals surface area contributed by atoms with Crippen molar-refractivity contribution in [2.75, 3.05) is 11.1 Å². The molecule has 0 radical (unpaired) electrons. The van der Waals surface area contributed by atoms with E-state index in [1.165, 1.54) is 0 Å². The van der Waals surface area contributed by atoms with Crippen LogP contribution in [0.1, 0.15) is 13.8 Å². The van der Waals surface area contributed by atoms with Crippen LogP contribution in [-0.4, -0.2) is 21.2 Å². The summed E-state index contributed by atoms with van der Waals surface area (Å²) in [5.74, 6) is 0.0128. The van der Waals surface area contributed by atoms with Gasteiger partial charge in [-0.05, 0) is 13.8 Å². The first kappa shape index (κ1) is 10.4. The first-order valence-electron chi connectivity index (χ1n) is 4.20. The smallest absolute Gasteiger partial charge is 0.242 e. The van der Waals surface area contributed by atoms with Crippen molar-refractivity contribution in [1.29, 1.82) is 0 Å². The molecular weight excluding hydrogens is 182 g/mol. The van der Waals surface area contributed by atoms with Gasteiger partial charge in [0.15, 0.2) is 5.82 Å². The molecule has 6 nitrogen and oxygen atoms in total. The van der Waals surface area contributed by atoms with Crippen LogP contribution in [0.3, 0.4) is 0 Å². The van der Waals surface area contributed by atoms with Crippen molar-refractivity contribution in [3.8, 4) is 0 Å². The SMILES string of the molecule is Cn1cc(N)c(NC(C)(C)C(N)=O)n1. The zero-order valence-electron chi connectivity index (χ0n) is 8.53. The maximum atomic E-state index is 11.0. The summed E-state index contributed by atoms with van der Waals surface area (Å²) < 4.78 is 1.56. The number of carbonyl (C=O) groups is 1. The lowest BCUT2D eigenvalue weighted by Gasteiger charge is -2.22. The Bertz CT molecular complexity index is 355. The fourth-order valence-electron chi connectivity index (χ4n) is 0.962. The molecule has 0 aliphatic heterocycles. The normalized spacial score (nSPS) is 11.4. The standard InChI is InChI=1S/C8H15N5O/c1-8(2,7(10)14)11-6-5(9)4-13(3)12-6/h4H,9H2,1-3H3,(H2,10,14)(H,11,12). The number of anilines is 2. The Morgan fingerprint density at radius 3 is 2.57 bits per heavy atom. The monoisotopic (exact) mass is 197 g/mol. The van der Waals surface area contributed by atoms with Crippen LogP contribution in [0, 0.1) is 0 Å². The van der Waals surface area contributed by atoms with Gasteiger partial charge < -0.3 is 16.8 Å². The summed E-state index contributed by atoms with van der Waals surface area (Å²) in [6.45, 7) is 3.34. The first-order valence-corrected chi connectivity index (χ1v) is 4.20. The third-order valence-electron chi connectivity index (χ3n) is 1.90. The van der Waals surface area contributed by atoms with E-state index in [2.05, 4.69) is 10.4 Å². The lowest BCUT2D eigenvalue weighted by molar-refractivity contribution is -0.121. The maximum Gasteiger partial charge on any atom is 0.242 e. The molecule has 0 bridgehead atoms. The number of nitrogens with one attached hydrogen (secondary N) is 1. The Kier molecular flexibility index (Phi) is 2.37. The van der Waals surface area contributed by atoms with E-state index in [0.717, 1.165) is 0 Å². The topological polar surface area (TPSA) is 99.0 Å². The van der Waals surface area contributed by atoms with Crippen molar-refractivity contribution >= 4 is 17.4 Å². The molecule has 0 saturated carbocycles. The number of rotatable bonds is 3. The number of hydrogen-bond acceptors (Lipinski definition) is 4. The number of primary amides is 1. The van der Waals surface area contributed by atoms with Crippen molar-refractivity contribution in [3.05, 3.63) is 6.20 Å². The molecule has 1 amide bonds. The molecule has 78 valence electrons. The van der Waals surface area contributed by atoms with E-state index in [4.69, 9.17) is 11.5 Å². The van der Waals surface area contributed by atoms with E-state index in [9.17, 15) is 4.79 Å². The molecular formula is C8H15N5O. The van der Waals surface area contributed by atoms with Crippen molar-refractivity contribution in [2.24, 2.45) is 12.8 Å². The highest BCUT2D eigenvalue weighted by Crippen LogP contribution is 2.19. The van der Waals surface area contributed by atoms with E-state index < -0.39 is 11.4 Å². The predicted octanol–water partition coefficient (Wildman–Crippen LogP) is -0.322. The van der Waals surface area contributed by atoms with Gasteiger partial charge in [-0.3, -0.25) is 9.48 Å². The zero-order chi connectivity index (χ0) is 10.9. The highest BCUT2D eigenvalue weighted by Gasteiger charge is 2.26. The molecule has 0 spiro atoms. The van der Waals surface area contributed by atoms with E-state index in [1.807, 2.05) is 0 Å². The van der Waals surface area contributed by atoms with Crippen molar-refractivity contribution in [3.63, 3.8) is 0 Å². The van der Waals surface area contributed by atoms with Gasteiger partial charge in [0.05, 0.1) is 5.69 Å². The molecule has 1 aromatic heterocycles. The summed E-state index contributed by atoms with van der Waals surface area (Å²) in [7, 11) is 1.75. The minimum atomic E-state index is -0.859. The maximum absolute atomic E-state index is 11.0. The summed E-state index contributed by atoms with van der Waals surface area (Å²) in [4.78, 5) is 11.0. The second-order valence-electron chi connectivity index (χ2n) is 3.72. The quantitative estimate of drug-likeness (QED) is 0.618. The van der Waals surface area contributed by atoms with Crippen LogP contribution >= 0.6 is 0 Å². The summed E-state index contributed by atoms with van der Waals surface area (Å²) >= 11 is 0. The number of aryl methyl sites for hydroxylation is 1. The van der Waals surface area contributed by atoms with Gasteiger partial charge >= 0.3 is 0 Å². The molecule has 0 aliphatic carbocycles. The molecule has 0 saturated heterocycles. The van der Waals surface area contributed by atoms with Gasteiger partial charge in [0.25, 0.3) is 0 Å². The lowest BCUT2D eigenvalue weighted by atomic mass is 10.1. The molecule has 0 aliphatic rings. The molecule has 1 rings (SSSR count). The van der Waals surface area contributed by atoms with E-state index >= 15 is 0 Å². The molecule has 1 heterocycles. The molecule has 1 aromatic rings. The minimum Gasteiger partial charge on any atom is -0.394 e. The molecule has 5 N–H and O–H groups in total. The summed E-state index contributed by atoms with van der Waals surface area (Å²) in [5.41, 5.74) is 10.5. The minimum absolute atomic E-state index is 0.456. The average molecular weight is 197 g/mol. The van der Waals surface area contributed by atoms with Gasteiger partial charge in [0, 0.05) is 13.2 Å². The summed E-state index contributed by atoms with van der Waals surface area (Å²) in [5, 5.41) is 6.93. The Hall–Kier alpha value is -1.72. The largest absolute Gasteiger partial charge is 0.394 e. The van der Waals surface area contributed by atoms with E-state index in [0.29, 0.717) is 11.5 Å². The molecule has 0 fully saturated rings. The predicted molar refractivity (Wildman–Crippen MR) is 54.5 cm³/mol. The van der Waals surface area contributed by atoms with Crippen LogP contribution < -0.4 is 16.8 Å². The number of carbonyl (C=O) groups excluding carboxylic acids is 1. The fraction of sp³-hybridized carbons (Fsp3) is 0.500. The number of nitrogens with two attached hydrogens (primary N) is 2. The van der Waals surface area contributed by atoms with Gasteiger partial charge in [0.1, 0.15) is 5.54 Å². The zero-order valence-corrected chi connectivity index (χ0v) is 8.53. The second kappa shape index (κ2) is 3.21. The third kappa shape index (κ3) is 1.95. The molecule has 0 aromatic carbocycles. The lowest BCUT2D eigenvalue weighted by Crippen LogP contribution is -2.45. The number of nitrogen functional groups attached to an aromatic ring is 1. The van der Waals surface area contributed by atoms with E-state index in [1.54, 1.807) is 31.8 Å². The Morgan fingerprint density at radius 2 is 2.21 bits per heavy atom. The number of hydrogen-bond donors (Lipinski definition) is 3. The Labute approximate surface area is 82.3 Å². The van der Waals surface area contributed by atoms with Gasteiger partial charge in [0.2, 0.25) is 5.91 Å². The number of nitrogens with zero attached hydrogens (tertiary/aromatic N) is 2.